The number of halogens is 1. The number of benzene rings is 1. The molecule has 0 unspecified atom stereocenters. The predicted octanol–water partition coefficient (Wildman–Crippen LogP) is 5.72. The first-order valence-corrected chi connectivity index (χ1v) is 10.7. The van der Waals surface area contributed by atoms with Crippen LogP contribution >= 0.6 is 12.4 Å². The molecule has 0 amide bonds. The van der Waals surface area contributed by atoms with E-state index in [9.17, 15) is 0 Å². The second-order valence-electron chi connectivity index (χ2n) is 9.05. The van der Waals surface area contributed by atoms with Crippen LogP contribution < -0.4 is 9.64 Å². The fraction of sp³-hybridized carbons (Fsp3) is 0.739. The van der Waals surface area contributed by atoms with E-state index in [-0.39, 0.29) is 12.4 Å². The van der Waals surface area contributed by atoms with E-state index >= 15 is 0 Å². The highest BCUT2D eigenvalue weighted by atomic mass is 35.5. The fourth-order valence-corrected chi connectivity index (χ4v) is 4.57. The van der Waals surface area contributed by atoms with Crippen molar-refractivity contribution >= 4 is 18.1 Å². The molecule has 0 bridgehead atoms. The van der Waals surface area contributed by atoms with Crippen LogP contribution in [0.2, 0.25) is 0 Å². The standard InChI is InChI=1S/C23H38N2O.ClH/c1-5-6-13-24-14-16-25(17-15-24)22-18-20(26-4)7-8-21(22)19-9-11-23(2,3)12-10-19;/h7-8,18-19H,5-6,9-17H2,1-4H3;1H. The molecular formula is C23H39ClN2O. The molecule has 3 rings (SSSR count). The van der Waals surface area contributed by atoms with Gasteiger partial charge in [0.2, 0.25) is 0 Å². The van der Waals surface area contributed by atoms with Gasteiger partial charge < -0.3 is 9.64 Å². The van der Waals surface area contributed by atoms with Gasteiger partial charge in [-0.3, -0.25) is 4.90 Å². The molecule has 1 saturated heterocycles. The summed E-state index contributed by atoms with van der Waals surface area (Å²) < 4.78 is 5.56. The third-order valence-corrected chi connectivity index (χ3v) is 6.56. The first-order valence-electron chi connectivity index (χ1n) is 10.7. The van der Waals surface area contributed by atoms with Crippen LogP contribution in [0.4, 0.5) is 5.69 Å². The molecule has 2 aliphatic rings. The second-order valence-corrected chi connectivity index (χ2v) is 9.05. The lowest BCUT2D eigenvalue weighted by molar-refractivity contribution is 0.224. The van der Waals surface area contributed by atoms with Crippen LogP contribution in [0.1, 0.15) is 70.8 Å². The third-order valence-electron chi connectivity index (χ3n) is 6.56. The highest BCUT2D eigenvalue weighted by molar-refractivity contribution is 5.85. The Morgan fingerprint density at radius 1 is 1.07 bits per heavy atom. The van der Waals surface area contributed by atoms with Crippen molar-refractivity contribution in [3.8, 4) is 5.75 Å². The number of rotatable bonds is 6. The van der Waals surface area contributed by atoms with Crippen LogP contribution in [-0.2, 0) is 0 Å². The van der Waals surface area contributed by atoms with Crippen molar-refractivity contribution in [2.45, 2.75) is 65.2 Å². The van der Waals surface area contributed by atoms with Crippen LogP contribution in [0.25, 0.3) is 0 Å². The highest BCUT2D eigenvalue weighted by Crippen LogP contribution is 2.45. The number of nitrogens with zero attached hydrogens (tertiary/aromatic N) is 2. The predicted molar refractivity (Wildman–Crippen MR) is 119 cm³/mol. The van der Waals surface area contributed by atoms with E-state index < -0.39 is 0 Å². The smallest absolute Gasteiger partial charge is 0.120 e. The van der Waals surface area contributed by atoms with Crippen molar-refractivity contribution in [3.05, 3.63) is 23.8 Å². The number of unbranched alkanes of at least 4 members (excludes halogenated alkanes) is 1. The van der Waals surface area contributed by atoms with E-state index in [0.717, 1.165) is 18.8 Å². The quantitative estimate of drug-likeness (QED) is 0.613. The van der Waals surface area contributed by atoms with Crippen molar-refractivity contribution < 1.29 is 4.74 Å². The number of methoxy groups -OCH3 is 1. The normalized spacial score (nSPS) is 21.0. The molecule has 0 spiro atoms. The van der Waals surface area contributed by atoms with Crippen molar-refractivity contribution in [3.63, 3.8) is 0 Å². The maximum absolute atomic E-state index is 5.56. The zero-order chi connectivity index (χ0) is 18.6. The minimum atomic E-state index is 0. The Kier molecular flexibility index (Phi) is 8.30. The summed E-state index contributed by atoms with van der Waals surface area (Å²) in [7, 11) is 1.78. The van der Waals surface area contributed by atoms with Crippen LogP contribution in [-0.4, -0.2) is 44.7 Å². The lowest BCUT2D eigenvalue weighted by atomic mass is 9.71. The SMILES string of the molecule is CCCCN1CCN(c2cc(OC)ccc2C2CCC(C)(C)CC2)CC1.Cl. The van der Waals surface area contributed by atoms with Gasteiger partial charge in [0.15, 0.2) is 0 Å². The molecule has 0 N–H and O–H groups in total. The first-order chi connectivity index (χ1) is 12.5. The Morgan fingerprint density at radius 3 is 2.33 bits per heavy atom. The van der Waals surface area contributed by atoms with E-state index in [0.29, 0.717) is 11.3 Å². The van der Waals surface area contributed by atoms with Crippen LogP contribution in [0.5, 0.6) is 5.75 Å². The summed E-state index contributed by atoms with van der Waals surface area (Å²) in [5, 5.41) is 0. The van der Waals surface area contributed by atoms with Crippen LogP contribution in [0.15, 0.2) is 18.2 Å². The van der Waals surface area contributed by atoms with Gasteiger partial charge in [0.1, 0.15) is 5.75 Å². The molecule has 1 heterocycles. The molecule has 27 heavy (non-hydrogen) atoms. The topological polar surface area (TPSA) is 15.7 Å². The molecule has 1 aromatic rings. The molecule has 3 nitrogen and oxygen atoms in total. The molecule has 4 heteroatoms. The Hall–Kier alpha value is -0.930. The Bertz CT molecular complexity index is 572. The van der Waals surface area contributed by atoms with Gasteiger partial charge in [0.05, 0.1) is 7.11 Å². The molecular weight excluding hydrogens is 356 g/mol. The van der Waals surface area contributed by atoms with Crippen LogP contribution in [0, 0.1) is 5.41 Å². The van der Waals surface area contributed by atoms with Gasteiger partial charge >= 0.3 is 0 Å². The largest absolute Gasteiger partial charge is 0.497 e. The molecule has 1 aromatic carbocycles. The summed E-state index contributed by atoms with van der Waals surface area (Å²) in [5.74, 6) is 1.70. The number of ether oxygens (including phenoxy) is 1. The average molecular weight is 395 g/mol. The second kappa shape index (κ2) is 10.0. The van der Waals surface area contributed by atoms with Gasteiger partial charge in [0.25, 0.3) is 0 Å². The summed E-state index contributed by atoms with van der Waals surface area (Å²) in [4.78, 5) is 5.24. The Balaban J connectivity index is 0.00000261. The number of hydrogen-bond donors (Lipinski definition) is 0. The number of piperazine rings is 1. The molecule has 2 fully saturated rings. The monoisotopic (exact) mass is 394 g/mol. The van der Waals surface area contributed by atoms with Gasteiger partial charge in [-0.05, 0) is 61.6 Å². The third kappa shape index (κ3) is 5.77. The Morgan fingerprint density at radius 2 is 1.74 bits per heavy atom. The Labute approximate surface area is 172 Å². The van der Waals surface area contributed by atoms with Gasteiger partial charge in [-0.25, -0.2) is 0 Å². The summed E-state index contributed by atoms with van der Waals surface area (Å²) in [5.41, 5.74) is 3.51. The average Bonchev–Trinajstić information content (AvgIpc) is 2.66. The molecule has 1 aliphatic heterocycles. The molecule has 1 saturated carbocycles. The van der Waals surface area contributed by atoms with Gasteiger partial charge in [0, 0.05) is 37.9 Å². The van der Waals surface area contributed by atoms with E-state index in [1.165, 1.54) is 63.8 Å². The van der Waals surface area contributed by atoms with E-state index in [2.05, 4.69) is 48.8 Å². The maximum atomic E-state index is 5.56. The van der Waals surface area contributed by atoms with E-state index in [1.54, 1.807) is 12.7 Å². The molecule has 1 aliphatic carbocycles. The molecule has 154 valence electrons. The molecule has 0 atom stereocenters. The number of anilines is 1. The van der Waals surface area contributed by atoms with Crippen molar-refractivity contribution in [1.82, 2.24) is 4.90 Å². The van der Waals surface area contributed by atoms with Crippen molar-refractivity contribution in [1.29, 1.82) is 0 Å². The zero-order valence-corrected chi connectivity index (χ0v) is 18.6. The van der Waals surface area contributed by atoms with Crippen molar-refractivity contribution in [2.24, 2.45) is 5.41 Å². The van der Waals surface area contributed by atoms with Gasteiger partial charge in [-0.2, -0.15) is 0 Å². The van der Waals surface area contributed by atoms with E-state index in [4.69, 9.17) is 4.74 Å². The summed E-state index contributed by atoms with van der Waals surface area (Å²) in [6.07, 6.45) is 7.94. The minimum Gasteiger partial charge on any atom is -0.497 e. The minimum absolute atomic E-state index is 0. The van der Waals surface area contributed by atoms with E-state index in [1.807, 2.05) is 0 Å². The summed E-state index contributed by atoms with van der Waals surface area (Å²) in [6.45, 7) is 13.0. The first kappa shape index (κ1) is 22.4. The van der Waals surface area contributed by atoms with Gasteiger partial charge in [-0.15, -0.1) is 12.4 Å². The zero-order valence-electron chi connectivity index (χ0n) is 17.8. The lowest BCUT2D eigenvalue weighted by Crippen LogP contribution is -2.47. The molecule has 0 aromatic heterocycles. The van der Waals surface area contributed by atoms with Gasteiger partial charge in [-0.1, -0.05) is 33.3 Å². The lowest BCUT2D eigenvalue weighted by Gasteiger charge is -2.40. The fourth-order valence-electron chi connectivity index (χ4n) is 4.57. The maximum Gasteiger partial charge on any atom is 0.120 e. The molecule has 0 radical (unpaired) electrons. The summed E-state index contributed by atoms with van der Waals surface area (Å²) >= 11 is 0. The number of hydrogen-bond acceptors (Lipinski definition) is 3. The summed E-state index contributed by atoms with van der Waals surface area (Å²) in [6, 6.07) is 6.80. The van der Waals surface area contributed by atoms with Crippen LogP contribution in [0.3, 0.4) is 0 Å². The van der Waals surface area contributed by atoms with Crippen molar-refractivity contribution in [2.75, 3.05) is 44.7 Å². The highest BCUT2D eigenvalue weighted by Gasteiger charge is 2.30.